The van der Waals surface area contributed by atoms with Crippen LogP contribution in [0.2, 0.25) is 0 Å². The SMILES string of the molecule is Cc1ccccc1C(C(=O)NCc1ccco1)N(Cc1ccco1)C(=O)Cn1nnc2ccccc21. The lowest BCUT2D eigenvalue weighted by atomic mass is 9.98. The first-order valence-corrected chi connectivity index (χ1v) is 11.6. The molecule has 1 N–H and O–H groups in total. The van der Waals surface area contributed by atoms with E-state index in [2.05, 4.69) is 15.6 Å². The lowest BCUT2D eigenvalue weighted by Crippen LogP contribution is -2.44. The molecule has 0 fully saturated rings. The van der Waals surface area contributed by atoms with E-state index in [-0.39, 0.29) is 31.4 Å². The van der Waals surface area contributed by atoms with Gasteiger partial charge in [0.2, 0.25) is 11.8 Å². The normalized spacial score (nSPS) is 11.9. The molecule has 0 aliphatic rings. The Hall–Kier alpha value is -4.66. The lowest BCUT2D eigenvalue weighted by molar-refractivity contribution is -0.142. The third-order valence-electron chi connectivity index (χ3n) is 5.99. The molecule has 5 rings (SSSR count). The van der Waals surface area contributed by atoms with Crippen molar-refractivity contribution in [2.75, 3.05) is 0 Å². The number of amides is 2. The van der Waals surface area contributed by atoms with E-state index in [1.54, 1.807) is 41.5 Å². The van der Waals surface area contributed by atoms with Crippen molar-refractivity contribution in [3.05, 3.63) is 108 Å². The van der Waals surface area contributed by atoms with Crippen LogP contribution in [0.25, 0.3) is 11.0 Å². The summed E-state index contributed by atoms with van der Waals surface area (Å²) < 4.78 is 12.5. The molecule has 0 bridgehead atoms. The fraction of sp³-hybridized carbons (Fsp3) is 0.185. The number of aryl methyl sites for hydroxylation is 1. The smallest absolute Gasteiger partial charge is 0.247 e. The zero-order chi connectivity index (χ0) is 24.9. The van der Waals surface area contributed by atoms with Crippen LogP contribution in [0.1, 0.15) is 28.7 Å². The zero-order valence-corrected chi connectivity index (χ0v) is 19.7. The number of carbonyl (C=O) groups excluding carboxylic acids is 2. The minimum absolute atomic E-state index is 0.0882. The molecular weight excluding hydrogens is 458 g/mol. The van der Waals surface area contributed by atoms with E-state index < -0.39 is 6.04 Å². The standard InChI is InChI=1S/C27H25N5O4/c1-19-8-2-3-11-22(19)26(27(34)28-16-20-9-6-14-35-20)31(17-21-10-7-15-36-21)25(33)18-32-24-13-5-4-12-23(24)29-30-32/h2-15,26H,16-18H2,1H3,(H,28,34). The molecule has 5 aromatic rings. The Labute approximate surface area is 207 Å². The summed E-state index contributed by atoms with van der Waals surface area (Å²) in [5.41, 5.74) is 3.03. The van der Waals surface area contributed by atoms with Gasteiger partial charge in [-0.2, -0.15) is 0 Å². The van der Waals surface area contributed by atoms with Crippen LogP contribution in [0.4, 0.5) is 0 Å². The van der Waals surface area contributed by atoms with Gasteiger partial charge in [0.1, 0.15) is 29.6 Å². The highest BCUT2D eigenvalue weighted by atomic mass is 16.3. The van der Waals surface area contributed by atoms with E-state index in [1.165, 1.54) is 4.90 Å². The molecule has 182 valence electrons. The highest BCUT2D eigenvalue weighted by Gasteiger charge is 2.33. The second-order valence-corrected chi connectivity index (χ2v) is 8.39. The number of nitrogens with one attached hydrogen (secondary N) is 1. The molecule has 0 saturated heterocycles. The predicted molar refractivity (Wildman–Crippen MR) is 131 cm³/mol. The van der Waals surface area contributed by atoms with Gasteiger partial charge in [0.05, 0.1) is 31.1 Å². The van der Waals surface area contributed by atoms with E-state index in [4.69, 9.17) is 8.83 Å². The summed E-state index contributed by atoms with van der Waals surface area (Å²) in [6.07, 6.45) is 3.10. The summed E-state index contributed by atoms with van der Waals surface area (Å²) in [4.78, 5) is 29.0. The van der Waals surface area contributed by atoms with Crippen LogP contribution in [0, 0.1) is 6.92 Å². The van der Waals surface area contributed by atoms with Gasteiger partial charge in [0, 0.05) is 0 Å². The Morgan fingerprint density at radius 3 is 2.42 bits per heavy atom. The van der Waals surface area contributed by atoms with Gasteiger partial charge in [-0.05, 0) is 54.4 Å². The van der Waals surface area contributed by atoms with Crippen molar-refractivity contribution in [1.29, 1.82) is 0 Å². The predicted octanol–water partition coefficient (Wildman–Crippen LogP) is 4.01. The number of rotatable bonds is 9. The molecular formula is C27H25N5O4. The molecule has 0 radical (unpaired) electrons. The molecule has 9 heteroatoms. The van der Waals surface area contributed by atoms with Gasteiger partial charge < -0.3 is 19.1 Å². The van der Waals surface area contributed by atoms with Crippen LogP contribution >= 0.6 is 0 Å². The number of benzene rings is 2. The second kappa shape index (κ2) is 10.3. The topological polar surface area (TPSA) is 106 Å². The van der Waals surface area contributed by atoms with Gasteiger partial charge in [-0.3, -0.25) is 9.59 Å². The molecule has 36 heavy (non-hydrogen) atoms. The monoisotopic (exact) mass is 483 g/mol. The minimum atomic E-state index is -0.909. The van der Waals surface area contributed by atoms with E-state index in [9.17, 15) is 9.59 Å². The van der Waals surface area contributed by atoms with Crippen LogP contribution in [-0.2, 0) is 29.2 Å². The van der Waals surface area contributed by atoms with Gasteiger partial charge in [-0.1, -0.05) is 41.6 Å². The number of carbonyl (C=O) groups is 2. The van der Waals surface area contributed by atoms with Crippen LogP contribution < -0.4 is 5.32 Å². The number of aromatic nitrogens is 3. The molecule has 2 amide bonds. The van der Waals surface area contributed by atoms with Crippen LogP contribution in [0.5, 0.6) is 0 Å². The summed E-state index contributed by atoms with van der Waals surface area (Å²) >= 11 is 0. The fourth-order valence-corrected chi connectivity index (χ4v) is 4.18. The average molecular weight is 484 g/mol. The van der Waals surface area contributed by atoms with Crippen molar-refractivity contribution in [2.24, 2.45) is 0 Å². The first-order chi connectivity index (χ1) is 17.6. The van der Waals surface area contributed by atoms with Crippen LogP contribution in [0.3, 0.4) is 0 Å². The molecule has 0 aliphatic carbocycles. The highest BCUT2D eigenvalue weighted by Crippen LogP contribution is 2.27. The average Bonchev–Trinajstić information content (AvgIpc) is 3.67. The molecule has 1 atom stereocenters. The number of furan rings is 2. The lowest BCUT2D eigenvalue weighted by Gasteiger charge is -2.31. The summed E-state index contributed by atoms with van der Waals surface area (Å²) in [6, 6.07) is 21.1. The van der Waals surface area contributed by atoms with Gasteiger partial charge in [-0.15, -0.1) is 5.10 Å². The number of para-hydroxylation sites is 1. The minimum Gasteiger partial charge on any atom is -0.467 e. The highest BCUT2D eigenvalue weighted by molar-refractivity contribution is 5.89. The second-order valence-electron chi connectivity index (χ2n) is 8.39. The molecule has 0 saturated carbocycles. The maximum absolute atomic E-state index is 13.8. The molecule has 9 nitrogen and oxygen atoms in total. The summed E-state index contributed by atoms with van der Waals surface area (Å²) in [7, 11) is 0. The van der Waals surface area contributed by atoms with Crippen molar-refractivity contribution in [3.63, 3.8) is 0 Å². The van der Waals surface area contributed by atoms with Crippen molar-refractivity contribution >= 4 is 22.8 Å². The Kier molecular flexibility index (Phi) is 6.61. The molecule has 3 heterocycles. The maximum atomic E-state index is 13.8. The summed E-state index contributed by atoms with van der Waals surface area (Å²) in [6.45, 7) is 2.13. The summed E-state index contributed by atoms with van der Waals surface area (Å²) in [5, 5.41) is 11.2. The van der Waals surface area contributed by atoms with Crippen LogP contribution in [-0.4, -0.2) is 31.7 Å². The zero-order valence-electron chi connectivity index (χ0n) is 19.7. The largest absolute Gasteiger partial charge is 0.467 e. The van der Waals surface area contributed by atoms with E-state index >= 15 is 0 Å². The Balaban J connectivity index is 1.51. The Morgan fingerprint density at radius 2 is 1.67 bits per heavy atom. The Morgan fingerprint density at radius 1 is 0.944 bits per heavy atom. The molecule has 0 spiro atoms. The third-order valence-corrected chi connectivity index (χ3v) is 5.99. The first kappa shape index (κ1) is 23.1. The van der Waals surface area contributed by atoms with Gasteiger partial charge >= 0.3 is 0 Å². The Bertz CT molecular complexity index is 1460. The number of hydrogen-bond acceptors (Lipinski definition) is 6. The number of hydrogen-bond donors (Lipinski definition) is 1. The van der Waals surface area contributed by atoms with E-state index in [1.807, 2.05) is 55.5 Å². The van der Waals surface area contributed by atoms with Crippen molar-refractivity contribution in [3.8, 4) is 0 Å². The molecule has 1 unspecified atom stereocenters. The van der Waals surface area contributed by atoms with Crippen molar-refractivity contribution in [2.45, 2.75) is 32.6 Å². The fourth-order valence-electron chi connectivity index (χ4n) is 4.18. The third kappa shape index (κ3) is 4.90. The van der Waals surface area contributed by atoms with Gasteiger partial charge in [0.25, 0.3) is 0 Å². The van der Waals surface area contributed by atoms with Crippen molar-refractivity contribution < 1.29 is 18.4 Å². The first-order valence-electron chi connectivity index (χ1n) is 11.6. The van der Waals surface area contributed by atoms with Crippen LogP contribution in [0.15, 0.2) is 94.2 Å². The molecule has 3 aromatic heterocycles. The number of fused-ring (bicyclic) bond motifs is 1. The van der Waals surface area contributed by atoms with E-state index in [0.29, 0.717) is 17.0 Å². The van der Waals surface area contributed by atoms with E-state index in [0.717, 1.165) is 16.6 Å². The quantitative estimate of drug-likeness (QED) is 0.340. The van der Waals surface area contributed by atoms with Gasteiger partial charge in [0.15, 0.2) is 0 Å². The van der Waals surface area contributed by atoms with Crippen molar-refractivity contribution in [1.82, 2.24) is 25.2 Å². The maximum Gasteiger partial charge on any atom is 0.247 e. The molecule has 0 aliphatic heterocycles. The summed E-state index contributed by atoms with van der Waals surface area (Å²) in [5.74, 6) is 0.543. The van der Waals surface area contributed by atoms with Gasteiger partial charge in [-0.25, -0.2) is 4.68 Å². The number of nitrogens with zero attached hydrogens (tertiary/aromatic N) is 4. The molecule has 2 aromatic carbocycles.